The third-order valence-electron chi connectivity index (χ3n) is 3.26. The van der Waals surface area contributed by atoms with Gasteiger partial charge in [0.15, 0.2) is 5.15 Å². The van der Waals surface area contributed by atoms with Crippen LogP contribution in [0.4, 0.5) is 5.69 Å². The van der Waals surface area contributed by atoms with Crippen molar-refractivity contribution >= 4 is 23.2 Å². The molecular weight excluding hydrogens is 318 g/mol. The highest BCUT2D eigenvalue weighted by atomic mass is 35.5. The van der Waals surface area contributed by atoms with Gasteiger partial charge in [0.2, 0.25) is 5.91 Å². The molecule has 2 aromatic rings. The van der Waals surface area contributed by atoms with Gasteiger partial charge in [0, 0.05) is 44.2 Å². The molecule has 0 aliphatic carbocycles. The second-order valence-corrected chi connectivity index (χ2v) is 5.95. The Morgan fingerprint density at radius 3 is 2.70 bits per heavy atom. The lowest BCUT2D eigenvalue weighted by Crippen LogP contribution is -2.26. The zero-order valence-electron chi connectivity index (χ0n) is 13.4. The van der Waals surface area contributed by atoms with Crippen LogP contribution < -0.4 is 10.9 Å². The minimum atomic E-state index is -0.210. The lowest BCUT2D eigenvalue weighted by Gasteiger charge is -2.12. The average Bonchev–Trinajstić information content (AvgIpc) is 2.77. The number of rotatable bonds is 6. The molecule has 23 heavy (non-hydrogen) atoms. The summed E-state index contributed by atoms with van der Waals surface area (Å²) in [6.07, 6.45) is 3.48. The highest BCUT2D eigenvalue weighted by molar-refractivity contribution is 6.30. The van der Waals surface area contributed by atoms with Crippen LogP contribution in [-0.4, -0.2) is 45.8 Å². The molecule has 2 heterocycles. The molecule has 0 radical (unpaired) electrons. The highest BCUT2D eigenvalue weighted by Crippen LogP contribution is 2.14. The molecule has 0 saturated carbocycles. The first kappa shape index (κ1) is 17.2. The smallest absolute Gasteiger partial charge is 0.250 e. The summed E-state index contributed by atoms with van der Waals surface area (Å²) in [7, 11) is 5.62. The Balaban J connectivity index is 2.04. The van der Waals surface area contributed by atoms with Gasteiger partial charge in [-0.05, 0) is 20.2 Å². The molecule has 0 aromatic carbocycles. The Labute approximate surface area is 139 Å². The van der Waals surface area contributed by atoms with Crippen molar-refractivity contribution < 1.29 is 4.79 Å². The fraction of sp³-hybridized carbons (Fsp3) is 0.400. The Morgan fingerprint density at radius 2 is 2.09 bits per heavy atom. The van der Waals surface area contributed by atoms with Gasteiger partial charge in [-0.1, -0.05) is 11.6 Å². The molecule has 1 amide bonds. The standard InChI is InChI=1S/C15H20ClN5O2/c1-19(2)6-7-21-10-12(4-5-14(21)23)17-13(22)8-11-9-20(3)18-15(11)16/h4-5,9-10H,6-8H2,1-3H3,(H,17,22). The van der Waals surface area contributed by atoms with Crippen molar-refractivity contribution in [3.8, 4) is 0 Å². The molecule has 0 fully saturated rings. The zero-order chi connectivity index (χ0) is 17.0. The van der Waals surface area contributed by atoms with E-state index in [0.717, 1.165) is 6.54 Å². The molecule has 1 N–H and O–H groups in total. The molecule has 124 valence electrons. The summed E-state index contributed by atoms with van der Waals surface area (Å²) in [5.74, 6) is -0.210. The molecule has 0 spiro atoms. The van der Waals surface area contributed by atoms with Crippen LogP contribution in [-0.2, 0) is 24.8 Å². The molecule has 2 rings (SSSR count). The SMILES string of the molecule is CN(C)CCn1cc(NC(=O)Cc2cn(C)nc2Cl)ccc1=O. The van der Waals surface area contributed by atoms with Gasteiger partial charge < -0.3 is 14.8 Å². The van der Waals surface area contributed by atoms with Gasteiger partial charge >= 0.3 is 0 Å². The first-order valence-corrected chi connectivity index (χ1v) is 7.56. The third kappa shape index (κ3) is 4.94. The van der Waals surface area contributed by atoms with E-state index in [2.05, 4.69) is 10.4 Å². The summed E-state index contributed by atoms with van der Waals surface area (Å²) < 4.78 is 3.14. The summed E-state index contributed by atoms with van der Waals surface area (Å²) in [6.45, 7) is 1.30. The van der Waals surface area contributed by atoms with Crippen molar-refractivity contribution in [2.45, 2.75) is 13.0 Å². The van der Waals surface area contributed by atoms with E-state index in [1.54, 1.807) is 34.8 Å². The van der Waals surface area contributed by atoms with Crippen LogP contribution in [0.15, 0.2) is 29.3 Å². The lowest BCUT2D eigenvalue weighted by atomic mass is 10.2. The van der Waals surface area contributed by atoms with Crippen LogP contribution >= 0.6 is 11.6 Å². The number of aryl methyl sites for hydroxylation is 1. The Kier molecular flexibility index (Phi) is 5.57. The zero-order valence-corrected chi connectivity index (χ0v) is 14.2. The van der Waals surface area contributed by atoms with E-state index >= 15 is 0 Å². The van der Waals surface area contributed by atoms with Gasteiger partial charge in [-0.3, -0.25) is 14.3 Å². The van der Waals surface area contributed by atoms with Crippen LogP contribution in [0.25, 0.3) is 0 Å². The number of likely N-dealkylation sites (N-methyl/N-ethyl adjacent to an activating group) is 1. The van der Waals surface area contributed by atoms with Crippen molar-refractivity contribution in [3.63, 3.8) is 0 Å². The summed E-state index contributed by atoms with van der Waals surface area (Å²) >= 11 is 5.95. The number of nitrogens with one attached hydrogen (secondary N) is 1. The van der Waals surface area contributed by atoms with E-state index in [-0.39, 0.29) is 17.9 Å². The van der Waals surface area contributed by atoms with Crippen molar-refractivity contribution in [3.05, 3.63) is 45.6 Å². The molecule has 0 aliphatic rings. The van der Waals surface area contributed by atoms with Crippen LogP contribution in [0.2, 0.25) is 5.15 Å². The van der Waals surface area contributed by atoms with Crippen LogP contribution in [0, 0.1) is 0 Å². The monoisotopic (exact) mass is 337 g/mol. The average molecular weight is 338 g/mol. The number of carbonyl (C=O) groups excluding carboxylic acids is 1. The van der Waals surface area contributed by atoms with Crippen molar-refractivity contribution in [2.75, 3.05) is 26.0 Å². The summed E-state index contributed by atoms with van der Waals surface area (Å²) in [4.78, 5) is 25.9. The van der Waals surface area contributed by atoms with E-state index in [4.69, 9.17) is 11.6 Å². The van der Waals surface area contributed by atoms with E-state index in [1.807, 2.05) is 19.0 Å². The number of hydrogen-bond donors (Lipinski definition) is 1. The molecular formula is C15H20ClN5O2. The van der Waals surface area contributed by atoms with Crippen LogP contribution in [0.1, 0.15) is 5.56 Å². The Bertz CT molecular complexity index is 751. The van der Waals surface area contributed by atoms with Crippen molar-refractivity contribution in [1.82, 2.24) is 19.2 Å². The topological polar surface area (TPSA) is 72.2 Å². The number of pyridine rings is 1. The first-order chi connectivity index (χ1) is 10.8. The summed E-state index contributed by atoms with van der Waals surface area (Å²) in [6, 6.07) is 3.04. The van der Waals surface area contributed by atoms with Gasteiger partial charge in [-0.2, -0.15) is 5.10 Å². The fourth-order valence-corrected chi connectivity index (χ4v) is 2.33. The number of anilines is 1. The number of hydrogen-bond acceptors (Lipinski definition) is 4. The predicted octanol–water partition coefficient (Wildman–Crippen LogP) is 0.978. The van der Waals surface area contributed by atoms with Gasteiger partial charge in [0.25, 0.3) is 5.56 Å². The molecule has 2 aromatic heterocycles. The fourth-order valence-electron chi connectivity index (χ4n) is 2.09. The summed E-state index contributed by atoms with van der Waals surface area (Å²) in [5.41, 5.74) is 1.14. The molecule has 8 heteroatoms. The number of aromatic nitrogens is 3. The molecule has 0 unspecified atom stereocenters. The molecule has 7 nitrogen and oxygen atoms in total. The van der Waals surface area contributed by atoms with Crippen LogP contribution in [0.3, 0.4) is 0 Å². The van der Waals surface area contributed by atoms with Gasteiger partial charge in [0.05, 0.1) is 12.1 Å². The van der Waals surface area contributed by atoms with Crippen molar-refractivity contribution in [2.24, 2.45) is 7.05 Å². The Morgan fingerprint density at radius 1 is 1.35 bits per heavy atom. The molecule has 0 atom stereocenters. The second kappa shape index (κ2) is 7.43. The maximum Gasteiger partial charge on any atom is 0.250 e. The Hall–Kier alpha value is -2.12. The minimum absolute atomic E-state index is 0.0971. The van der Waals surface area contributed by atoms with Crippen LogP contribution in [0.5, 0.6) is 0 Å². The summed E-state index contributed by atoms with van der Waals surface area (Å²) in [5, 5.41) is 7.08. The lowest BCUT2D eigenvalue weighted by molar-refractivity contribution is -0.115. The molecule has 0 aliphatic heterocycles. The van der Waals surface area contributed by atoms with E-state index in [9.17, 15) is 9.59 Å². The van der Waals surface area contributed by atoms with E-state index < -0.39 is 0 Å². The predicted molar refractivity (Wildman–Crippen MR) is 89.8 cm³/mol. The third-order valence-corrected chi connectivity index (χ3v) is 3.58. The maximum absolute atomic E-state index is 12.1. The number of carbonyl (C=O) groups is 1. The number of halogens is 1. The quantitative estimate of drug-likeness (QED) is 0.853. The van der Waals surface area contributed by atoms with Gasteiger partial charge in [-0.15, -0.1) is 0 Å². The van der Waals surface area contributed by atoms with Crippen molar-refractivity contribution in [1.29, 1.82) is 0 Å². The van der Waals surface area contributed by atoms with Gasteiger partial charge in [0.1, 0.15) is 0 Å². The number of nitrogens with zero attached hydrogens (tertiary/aromatic N) is 4. The van der Waals surface area contributed by atoms with E-state index in [0.29, 0.717) is 22.9 Å². The normalized spacial score (nSPS) is 11.0. The molecule has 0 bridgehead atoms. The second-order valence-electron chi connectivity index (χ2n) is 5.60. The maximum atomic E-state index is 12.1. The van der Waals surface area contributed by atoms with E-state index in [1.165, 1.54) is 6.07 Å². The molecule has 0 saturated heterocycles. The number of amides is 1. The largest absolute Gasteiger partial charge is 0.324 e. The van der Waals surface area contributed by atoms with Gasteiger partial charge in [-0.25, -0.2) is 0 Å². The highest BCUT2D eigenvalue weighted by Gasteiger charge is 2.11. The minimum Gasteiger partial charge on any atom is -0.324 e. The first-order valence-electron chi connectivity index (χ1n) is 7.18.